The van der Waals surface area contributed by atoms with Crippen molar-refractivity contribution in [3.05, 3.63) is 34.8 Å². The van der Waals surface area contributed by atoms with E-state index in [1.165, 1.54) is 0 Å². The Balaban J connectivity index is 2.53. The molecule has 2 heteroatoms. The van der Waals surface area contributed by atoms with Gasteiger partial charge in [-0.1, -0.05) is 18.2 Å². The number of rotatable bonds is 0. The summed E-state index contributed by atoms with van der Waals surface area (Å²) in [6.45, 7) is 0. The lowest BCUT2D eigenvalue weighted by Crippen LogP contribution is -1.87. The van der Waals surface area contributed by atoms with Crippen molar-refractivity contribution < 1.29 is 4.21 Å². The molecule has 0 aromatic heterocycles. The highest BCUT2D eigenvalue weighted by atomic mass is 32.2. The van der Waals surface area contributed by atoms with Crippen LogP contribution in [-0.4, -0.2) is 9.96 Å². The average molecular weight is 138 g/mol. The second kappa shape index (κ2) is 1.67. The molecule has 0 N–H and O–H groups in total. The van der Waals surface area contributed by atoms with Gasteiger partial charge in [0.2, 0.25) is 0 Å². The van der Waals surface area contributed by atoms with Gasteiger partial charge in [-0.15, -0.1) is 0 Å². The number of fused-ring (bicyclic) bond motifs is 1. The van der Waals surface area contributed by atoms with Crippen LogP contribution >= 0.6 is 0 Å². The summed E-state index contributed by atoms with van der Waals surface area (Å²) in [5, 5.41) is 0. The van der Waals surface area contributed by atoms with Crippen LogP contribution in [0.5, 0.6) is 0 Å². The smallest absolute Gasteiger partial charge is 0.0574 e. The Morgan fingerprint density at radius 2 is 2.44 bits per heavy atom. The second-order valence-corrected chi connectivity index (χ2v) is 3.53. The largest absolute Gasteiger partial charge is 0.254 e. The van der Waals surface area contributed by atoms with Crippen molar-refractivity contribution in [2.24, 2.45) is 0 Å². The quantitative estimate of drug-likeness (QED) is 0.490. The Kier molecular flexibility index (Phi) is 0.963. The van der Waals surface area contributed by atoms with Gasteiger partial charge >= 0.3 is 0 Å². The maximum atomic E-state index is 11.0. The van der Waals surface area contributed by atoms with Crippen LogP contribution in [0.1, 0.15) is 0 Å². The van der Waals surface area contributed by atoms with E-state index < -0.39 is 10.8 Å². The van der Waals surface area contributed by atoms with Gasteiger partial charge in [0.25, 0.3) is 0 Å². The van der Waals surface area contributed by atoms with Crippen LogP contribution in [-0.2, 0) is 10.8 Å². The van der Waals surface area contributed by atoms with E-state index in [9.17, 15) is 4.21 Å². The predicted molar refractivity (Wildman–Crippen MR) is 38.3 cm³/mol. The number of allylic oxidation sites excluding steroid dienone is 4. The Morgan fingerprint density at radius 1 is 1.56 bits per heavy atom. The van der Waals surface area contributed by atoms with Gasteiger partial charge in [0.1, 0.15) is 0 Å². The molecule has 1 atom stereocenters. The van der Waals surface area contributed by atoms with Gasteiger partial charge in [-0.2, -0.15) is 0 Å². The van der Waals surface area contributed by atoms with Crippen molar-refractivity contribution in [1.29, 1.82) is 0 Å². The van der Waals surface area contributed by atoms with Crippen molar-refractivity contribution >= 4 is 10.8 Å². The molecule has 0 saturated heterocycles. The minimum Gasteiger partial charge on any atom is -0.254 e. The summed E-state index contributed by atoms with van der Waals surface area (Å²) < 4.78 is 11.0. The maximum absolute atomic E-state index is 11.0. The van der Waals surface area contributed by atoms with Gasteiger partial charge in [0, 0.05) is 10.7 Å². The second-order valence-electron chi connectivity index (χ2n) is 2.06. The first-order chi connectivity index (χ1) is 4.38. The fourth-order valence-electron chi connectivity index (χ4n) is 1.05. The summed E-state index contributed by atoms with van der Waals surface area (Å²) in [6.07, 6.45) is 7.89. The van der Waals surface area contributed by atoms with Crippen molar-refractivity contribution in [2.45, 2.75) is 0 Å². The first-order valence-corrected chi connectivity index (χ1v) is 4.17. The minimum atomic E-state index is -0.722. The molecule has 1 nitrogen and oxygen atoms in total. The van der Waals surface area contributed by atoms with Gasteiger partial charge in [-0.05, 0) is 11.6 Å². The number of hydrogen-bond donors (Lipinski definition) is 0. The van der Waals surface area contributed by atoms with Crippen LogP contribution in [0.25, 0.3) is 0 Å². The molecule has 0 fully saturated rings. The molecule has 0 bridgehead atoms. The lowest BCUT2D eigenvalue weighted by atomic mass is 10.3. The van der Waals surface area contributed by atoms with Gasteiger partial charge in [-0.25, -0.2) is 0 Å². The van der Waals surface area contributed by atoms with E-state index in [0.29, 0.717) is 5.75 Å². The van der Waals surface area contributed by atoms with Crippen LogP contribution in [0.2, 0.25) is 0 Å². The molecule has 0 amide bonds. The Hall–Kier alpha value is -0.630. The third-order valence-electron chi connectivity index (χ3n) is 1.51. The molecular formula is C7H6OS. The van der Waals surface area contributed by atoms with Gasteiger partial charge in [0.05, 0.1) is 10.8 Å². The zero-order valence-corrected chi connectivity index (χ0v) is 5.65. The Bertz CT molecular complexity index is 258. The first-order valence-electron chi connectivity index (χ1n) is 2.85. The molecule has 9 heavy (non-hydrogen) atoms. The molecule has 46 valence electrons. The highest BCUT2D eigenvalue weighted by molar-refractivity contribution is 7.89. The van der Waals surface area contributed by atoms with E-state index in [2.05, 4.69) is 0 Å². The monoisotopic (exact) mass is 138 g/mol. The molecule has 0 saturated carbocycles. The lowest BCUT2D eigenvalue weighted by Gasteiger charge is -1.88. The Morgan fingerprint density at radius 3 is 3.22 bits per heavy atom. The van der Waals surface area contributed by atoms with Crippen LogP contribution in [0.4, 0.5) is 0 Å². The highest BCUT2D eigenvalue weighted by Crippen LogP contribution is 2.26. The molecule has 2 aliphatic rings. The molecule has 1 aliphatic heterocycles. The van der Waals surface area contributed by atoms with Crippen LogP contribution < -0.4 is 0 Å². The summed E-state index contributed by atoms with van der Waals surface area (Å²) in [5.74, 6) is 0.714. The van der Waals surface area contributed by atoms with E-state index >= 15 is 0 Å². The number of hydrogen-bond acceptors (Lipinski definition) is 1. The summed E-state index contributed by atoms with van der Waals surface area (Å²) in [4.78, 5) is 1.01. The minimum absolute atomic E-state index is 0.714. The van der Waals surface area contributed by atoms with Crippen molar-refractivity contribution in [3.63, 3.8) is 0 Å². The van der Waals surface area contributed by atoms with Gasteiger partial charge in [0.15, 0.2) is 0 Å². The van der Waals surface area contributed by atoms with E-state index in [1.54, 1.807) is 0 Å². The topological polar surface area (TPSA) is 17.1 Å². The van der Waals surface area contributed by atoms with E-state index in [1.807, 2.05) is 24.3 Å². The third kappa shape index (κ3) is 0.630. The Labute approximate surface area is 56.2 Å². The van der Waals surface area contributed by atoms with E-state index in [0.717, 1.165) is 10.5 Å². The standard InChI is InChI=1S/C7H6OS/c8-9-5-4-6-2-1-3-7(6)9/h1-4H,5H2. The zero-order chi connectivity index (χ0) is 6.27. The van der Waals surface area contributed by atoms with Crippen molar-refractivity contribution in [1.82, 2.24) is 0 Å². The summed E-state index contributed by atoms with van der Waals surface area (Å²) in [7, 11) is -0.722. The molecule has 1 heterocycles. The molecule has 0 aromatic carbocycles. The van der Waals surface area contributed by atoms with Crippen molar-refractivity contribution in [3.8, 4) is 0 Å². The van der Waals surface area contributed by atoms with E-state index in [4.69, 9.17) is 0 Å². The van der Waals surface area contributed by atoms with Crippen LogP contribution in [0, 0.1) is 0 Å². The zero-order valence-electron chi connectivity index (χ0n) is 4.83. The fourth-order valence-corrected chi connectivity index (χ4v) is 2.20. The summed E-state index contributed by atoms with van der Waals surface area (Å²) in [5.41, 5.74) is 1.16. The molecule has 2 rings (SSSR count). The van der Waals surface area contributed by atoms with Gasteiger partial charge in [-0.3, -0.25) is 4.21 Å². The molecule has 0 spiro atoms. The fraction of sp³-hybridized carbons (Fsp3) is 0.143. The normalized spacial score (nSPS) is 30.0. The molecule has 0 aromatic rings. The lowest BCUT2D eigenvalue weighted by molar-refractivity contribution is 0.690. The van der Waals surface area contributed by atoms with Gasteiger partial charge < -0.3 is 0 Å². The molecule has 0 radical (unpaired) electrons. The summed E-state index contributed by atoms with van der Waals surface area (Å²) in [6, 6.07) is 0. The van der Waals surface area contributed by atoms with Crippen molar-refractivity contribution in [2.75, 3.05) is 5.75 Å². The highest BCUT2D eigenvalue weighted by Gasteiger charge is 2.18. The molecule has 1 unspecified atom stereocenters. The first kappa shape index (κ1) is 5.18. The SMILES string of the molecule is O=S1CC=C2C=CC=C21. The molecular weight excluding hydrogens is 132 g/mol. The van der Waals surface area contributed by atoms with E-state index in [-0.39, 0.29) is 0 Å². The molecule has 1 aliphatic carbocycles. The maximum Gasteiger partial charge on any atom is 0.0574 e. The third-order valence-corrected chi connectivity index (χ3v) is 2.84. The van der Waals surface area contributed by atoms with Crippen LogP contribution in [0.15, 0.2) is 34.8 Å². The predicted octanol–water partition coefficient (Wildman–Crippen LogP) is 1.13. The van der Waals surface area contributed by atoms with Crippen LogP contribution in [0.3, 0.4) is 0 Å². The summed E-state index contributed by atoms with van der Waals surface area (Å²) >= 11 is 0. The average Bonchev–Trinajstić information content (AvgIpc) is 2.35.